The minimum atomic E-state index is 0.134. The van der Waals surface area contributed by atoms with Crippen LogP contribution in [0.1, 0.15) is 24.2 Å². The van der Waals surface area contributed by atoms with Gasteiger partial charge in [0, 0.05) is 25.4 Å². The third kappa shape index (κ3) is 3.83. The molecule has 0 radical (unpaired) electrons. The van der Waals surface area contributed by atoms with Crippen molar-refractivity contribution in [2.75, 3.05) is 6.61 Å². The van der Waals surface area contributed by atoms with Gasteiger partial charge in [-0.25, -0.2) is 4.98 Å². The molecule has 2 rings (SSSR count). The molecule has 0 aliphatic carbocycles. The van der Waals surface area contributed by atoms with E-state index in [4.69, 9.17) is 5.11 Å². The normalized spacial score (nSPS) is 10.8. The van der Waals surface area contributed by atoms with E-state index in [-0.39, 0.29) is 6.61 Å². The molecule has 0 amide bonds. The fourth-order valence-corrected chi connectivity index (χ4v) is 2.19. The van der Waals surface area contributed by atoms with Gasteiger partial charge in [-0.1, -0.05) is 18.2 Å². The van der Waals surface area contributed by atoms with Crippen LogP contribution >= 0.6 is 0 Å². The van der Waals surface area contributed by atoms with Crippen LogP contribution in [0.5, 0.6) is 5.75 Å². The van der Waals surface area contributed by atoms with Crippen LogP contribution in [-0.4, -0.2) is 26.4 Å². The summed E-state index contributed by atoms with van der Waals surface area (Å²) in [6, 6.07) is 7.48. The summed E-state index contributed by atoms with van der Waals surface area (Å²) in [6.07, 6.45) is 7.26. The minimum absolute atomic E-state index is 0.134. The quantitative estimate of drug-likeness (QED) is 0.750. The van der Waals surface area contributed by atoms with Gasteiger partial charge in [0.15, 0.2) is 0 Å². The van der Waals surface area contributed by atoms with Crippen LogP contribution in [0.4, 0.5) is 0 Å². The highest BCUT2D eigenvalue weighted by molar-refractivity contribution is 5.31. The van der Waals surface area contributed by atoms with Crippen LogP contribution in [0.2, 0.25) is 0 Å². The van der Waals surface area contributed by atoms with Crippen LogP contribution in [0.15, 0.2) is 36.7 Å². The lowest BCUT2D eigenvalue weighted by Gasteiger charge is -2.07. The van der Waals surface area contributed by atoms with Crippen molar-refractivity contribution in [2.24, 2.45) is 0 Å². The summed E-state index contributed by atoms with van der Waals surface area (Å²) in [4.78, 5) is 4.22. The second-order valence-electron chi connectivity index (χ2n) is 4.60. The Labute approximate surface area is 113 Å². The third-order valence-electron chi connectivity index (χ3n) is 3.22. The summed E-state index contributed by atoms with van der Waals surface area (Å²) in [5.74, 6) is 1.32. The predicted molar refractivity (Wildman–Crippen MR) is 74.1 cm³/mol. The van der Waals surface area contributed by atoms with Crippen molar-refractivity contribution in [3.05, 3.63) is 48.0 Å². The van der Waals surface area contributed by atoms with Gasteiger partial charge in [-0.15, -0.1) is 0 Å². The molecular formula is C15H20N2O2. The van der Waals surface area contributed by atoms with Crippen LogP contribution in [-0.2, 0) is 19.4 Å². The van der Waals surface area contributed by atoms with Crippen LogP contribution in [0.3, 0.4) is 0 Å². The van der Waals surface area contributed by atoms with Gasteiger partial charge in [0.2, 0.25) is 0 Å². The molecule has 0 aliphatic heterocycles. The third-order valence-corrected chi connectivity index (χ3v) is 3.22. The summed E-state index contributed by atoms with van der Waals surface area (Å²) in [6.45, 7) is 1.04. The smallest absolute Gasteiger partial charge is 0.118 e. The molecule has 0 saturated carbocycles. The first-order valence-electron chi connectivity index (χ1n) is 6.69. The van der Waals surface area contributed by atoms with Gasteiger partial charge in [0.1, 0.15) is 11.6 Å². The molecule has 0 spiro atoms. The van der Waals surface area contributed by atoms with Gasteiger partial charge in [-0.3, -0.25) is 0 Å². The maximum atomic E-state index is 9.66. The molecule has 0 aliphatic rings. The van der Waals surface area contributed by atoms with Gasteiger partial charge in [0.05, 0.1) is 6.61 Å². The van der Waals surface area contributed by atoms with Gasteiger partial charge in [-0.2, -0.15) is 0 Å². The molecule has 1 aromatic heterocycles. The number of hydrogen-bond donors (Lipinski definition) is 2. The zero-order valence-corrected chi connectivity index (χ0v) is 11.0. The number of aryl methyl sites for hydroxylation is 2. The van der Waals surface area contributed by atoms with E-state index in [0.717, 1.165) is 37.2 Å². The highest BCUT2D eigenvalue weighted by Gasteiger charge is 2.03. The number of aromatic hydroxyl groups is 1. The van der Waals surface area contributed by atoms with E-state index in [1.165, 1.54) is 0 Å². The molecule has 0 saturated heterocycles. The average Bonchev–Trinajstić information content (AvgIpc) is 2.85. The standard InChI is InChI=1S/C15H20N2O2/c18-12-8-15-16-9-11-17(15)10-4-3-6-13-5-1-2-7-14(13)19/h1-2,5,7,9,11,18-19H,3-4,6,8,10,12H2. The topological polar surface area (TPSA) is 58.3 Å². The Bertz CT molecular complexity index is 508. The fourth-order valence-electron chi connectivity index (χ4n) is 2.19. The summed E-state index contributed by atoms with van der Waals surface area (Å²) < 4.78 is 2.08. The number of imidazole rings is 1. The number of hydrogen-bond acceptors (Lipinski definition) is 3. The summed E-state index contributed by atoms with van der Waals surface area (Å²) in [7, 11) is 0. The van der Waals surface area contributed by atoms with Crippen molar-refractivity contribution < 1.29 is 10.2 Å². The summed E-state index contributed by atoms with van der Waals surface area (Å²) in [5.41, 5.74) is 1.00. The molecule has 0 bridgehead atoms. The maximum absolute atomic E-state index is 9.66. The first kappa shape index (κ1) is 13.6. The Morgan fingerprint density at radius 1 is 1.11 bits per heavy atom. The van der Waals surface area contributed by atoms with Gasteiger partial charge < -0.3 is 14.8 Å². The number of unbranched alkanes of at least 4 members (excludes halogenated alkanes) is 1. The maximum Gasteiger partial charge on any atom is 0.118 e. The van der Waals surface area contributed by atoms with E-state index in [1.54, 1.807) is 12.3 Å². The number of phenols is 1. The Hall–Kier alpha value is -1.81. The zero-order chi connectivity index (χ0) is 13.5. The van der Waals surface area contributed by atoms with Gasteiger partial charge in [0.25, 0.3) is 0 Å². The predicted octanol–water partition coefficient (Wildman–Crippen LogP) is 2.15. The van der Waals surface area contributed by atoms with Crippen LogP contribution in [0.25, 0.3) is 0 Å². The lowest BCUT2D eigenvalue weighted by Crippen LogP contribution is -2.05. The van der Waals surface area contributed by atoms with E-state index < -0.39 is 0 Å². The van der Waals surface area contributed by atoms with Crippen LogP contribution in [0, 0.1) is 0 Å². The minimum Gasteiger partial charge on any atom is -0.508 e. The molecule has 102 valence electrons. The molecule has 4 nitrogen and oxygen atoms in total. The van der Waals surface area contributed by atoms with Crippen molar-refractivity contribution in [1.29, 1.82) is 0 Å². The second kappa shape index (κ2) is 6.95. The Morgan fingerprint density at radius 2 is 1.95 bits per heavy atom. The van der Waals surface area contributed by atoms with E-state index in [1.807, 2.05) is 24.4 Å². The molecule has 0 atom stereocenters. The highest BCUT2D eigenvalue weighted by atomic mass is 16.3. The number of nitrogens with zero attached hydrogens (tertiary/aromatic N) is 2. The zero-order valence-electron chi connectivity index (χ0n) is 11.0. The first-order valence-corrected chi connectivity index (χ1v) is 6.69. The van der Waals surface area contributed by atoms with Crippen molar-refractivity contribution in [3.63, 3.8) is 0 Å². The number of benzene rings is 1. The van der Waals surface area contributed by atoms with Crippen LogP contribution < -0.4 is 0 Å². The monoisotopic (exact) mass is 260 g/mol. The molecule has 0 fully saturated rings. The molecule has 1 aromatic carbocycles. The Balaban J connectivity index is 1.78. The van der Waals surface area contributed by atoms with Crippen molar-refractivity contribution in [3.8, 4) is 5.75 Å². The number of aliphatic hydroxyl groups is 1. The molecule has 19 heavy (non-hydrogen) atoms. The average molecular weight is 260 g/mol. The number of rotatable bonds is 7. The lowest BCUT2D eigenvalue weighted by atomic mass is 10.1. The first-order chi connectivity index (χ1) is 9.31. The summed E-state index contributed by atoms with van der Waals surface area (Å²) >= 11 is 0. The van der Waals surface area contributed by atoms with Crippen molar-refractivity contribution >= 4 is 0 Å². The number of phenolic OH excluding ortho intramolecular Hbond substituents is 1. The highest BCUT2D eigenvalue weighted by Crippen LogP contribution is 2.18. The molecule has 0 unspecified atom stereocenters. The van der Waals surface area contributed by atoms with E-state index in [9.17, 15) is 5.11 Å². The summed E-state index contributed by atoms with van der Waals surface area (Å²) in [5, 5.41) is 18.6. The van der Waals surface area contributed by atoms with Gasteiger partial charge >= 0.3 is 0 Å². The Morgan fingerprint density at radius 3 is 2.74 bits per heavy atom. The van der Waals surface area contributed by atoms with Crippen molar-refractivity contribution in [1.82, 2.24) is 9.55 Å². The molecule has 4 heteroatoms. The molecular weight excluding hydrogens is 240 g/mol. The SMILES string of the molecule is OCCc1nccn1CCCCc1ccccc1O. The van der Waals surface area contributed by atoms with Gasteiger partial charge in [-0.05, 0) is 30.9 Å². The van der Waals surface area contributed by atoms with E-state index in [2.05, 4.69) is 9.55 Å². The van der Waals surface area contributed by atoms with Crippen molar-refractivity contribution in [2.45, 2.75) is 32.2 Å². The largest absolute Gasteiger partial charge is 0.508 e. The Kier molecular flexibility index (Phi) is 4.98. The van der Waals surface area contributed by atoms with E-state index in [0.29, 0.717) is 12.2 Å². The number of para-hydroxylation sites is 1. The second-order valence-corrected chi connectivity index (χ2v) is 4.60. The lowest BCUT2D eigenvalue weighted by molar-refractivity contribution is 0.294. The molecule has 2 aromatic rings. The van der Waals surface area contributed by atoms with E-state index >= 15 is 0 Å². The number of aliphatic hydroxyl groups excluding tert-OH is 1. The number of aromatic nitrogens is 2. The molecule has 1 heterocycles. The fraction of sp³-hybridized carbons (Fsp3) is 0.400. The molecule has 2 N–H and O–H groups in total.